The largest absolute Gasteiger partial charge is 0.544 e. The summed E-state index contributed by atoms with van der Waals surface area (Å²) in [6.45, 7) is 1.61. The molecule has 0 aliphatic carbocycles. The third-order valence-corrected chi connectivity index (χ3v) is 3.67. The van der Waals surface area contributed by atoms with E-state index in [1.54, 1.807) is 25.1 Å². The van der Waals surface area contributed by atoms with E-state index < -0.39 is 5.97 Å². The first-order valence-corrected chi connectivity index (χ1v) is 6.50. The maximum Gasteiger partial charge on any atom is 0.188 e. The standard InChI is InChI=1S/C12H11ClN2O3S/c1-6-10(11(16)17)19-12(14-6)15-8-5-7(13)3-4-9(8)18-2/h3-5H,1-2H3,(H,14,15)(H,16,17)/p-1. The lowest BCUT2D eigenvalue weighted by Crippen LogP contribution is -2.21. The van der Waals surface area contributed by atoms with Crippen LogP contribution in [-0.4, -0.2) is 18.1 Å². The molecule has 1 aromatic carbocycles. The van der Waals surface area contributed by atoms with Crippen LogP contribution < -0.4 is 15.2 Å². The quantitative estimate of drug-likeness (QED) is 0.936. The van der Waals surface area contributed by atoms with Gasteiger partial charge < -0.3 is 20.0 Å². The van der Waals surface area contributed by atoms with Crippen molar-refractivity contribution in [3.63, 3.8) is 0 Å². The number of hydrogen-bond donors (Lipinski definition) is 1. The Morgan fingerprint density at radius 3 is 2.84 bits per heavy atom. The van der Waals surface area contributed by atoms with E-state index in [-0.39, 0.29) is 4.88 Å². The SMILES string of the molecule is COc1ccc(Cl)cc1Nc1nc(C)c(C(=O)[O-])s1. The molecule has 100 valence electrons. The maximum atomic E-state index is 10.9. The van der Waals surface area contributed by atoms with Crippen LogP contribution in [0.1, 0.15) is 15.4 Å². The van der Waals surface area contributed by atoms with E-state index in [2.05, 4.69) is 10.3 Å². The number of carbonyl (C=O) groups is 1. The Morgan fingerprint density at radius 2 is 2.26 bits per heavy atom. The predicted octanol–water partition coefficient (Wildman–Crippen LogP) is 2.22. The monoisotopic (exact) mass is 297 g/mol. The number of nitrogens with zero attached hydrogens (tertiary/aromatic N) is 1. The summed E-state index contributed by atoms with van der Waals surface area (Å²) >= 11 is 6.91. The molecule has 1 heterocycles. The molecule has 0 atom stereocenters. The maximum absolute atomic E-state index is 10.9. The zero-order chi connectivity index (χ0) is 14.0. The number of aromatic carboxylic acids is 1. The fourth-order valence-electron chi connectivity index (χ4n) is 1.53. The average Bonchev–Trinajstić information content (AvgIpc) is 2.71. The molecule has 0 radical (unpaired) electrons. The van der Waals surface area contributed by atoms with Crippen LogP contribution in [0, 0.1) is 6.92 Å². The molecular weight excluding hydrogens is 288 g/mol. The summed E-state index contributed by atoms with van der Waals surface area (Å²) in [5.41, 5.74) is 1.03. The molecule has 7 heteroatoms. The van der Waals surface area contributed by atoms with Gasteiger partial charge in [0.2, 0.25) is 0 Å². The summed E-state index contributed by atoms with van der Waals surface area (Å²) in [7, 11) is 1.54. The molecule has 0 spiro atoms. The third-order valence-electron chi connectivity index (χ3n) is 2.39. The van der Waals surface area contributed by atoms with Gasteiger partial charge >= 0.3 is 0 Å². The number of thiazole rings is 1. The molecule has 0 aliphatic heterocycles. The number of benzene rings is 1. The Bertz CT molecular complexity index is 627. The molecule has 0 unspecified atom stereocenters. The molecule has 5 nitrogen and oxygen atoms in total. The van der Waals surface area contributed by atoms with Crippen LogP contribution in [0.5, 0.6) is 5.75 Å². The number of nitrogens with one attached hydrogen (secondary N) is 1. The average molecular weight is 298 g/mol. The van der Waals surface area contributed by atoms with Crippen LogP contribution in [0.25, 0.3) is 0 Å². The van der Waals surface area contributed by atoms with E-state index >= 15 is 0 Å². The molecule has 0 aliphatic rings. The first-order chi connectivity index (χ1) is 9.01. The summed E-state index contributed by atoms with van der Waals surface area (Å²) in [4.78, 5) is 15.1. The van der Waals surface area contributed by atoms with Crippen molar-refractivity contribution in [2.45, 2.75) is 6.92 Å². The van der Waals surface area contributed by atoms with Gasteiger partial charge in [0.25, 0.3) is 0 Å². The van der Waals surface area contributed by atoms with Crippen molar-refractivity contribution >= 4 is 39.7 Å². The van der Waals surface area contributed by atoms with E-state index in [9.17, 15) is 9.90 Å². The van der Waals surface area contributed by atoms with Crippen LogP contribution in [0.4, 0.5) is 10.8 Å². The van der Waals surface area contributed by atoms with E-state index in [1.807, 2.05) is 0 Å². The first kappa shape index (κ1) is 13.6. The van der Waals surface area contributed by atoms with Crippen molar-refractivity contribution in [3.8, 4) is 5.75 Å². The van der Waals surface area contributed by atoms with Gasteiger partial charge in [0.1, 0.15) is 5.75 Å². The van der Waals surface area contributed by atoms with Gasteiger partial charge in [-0.05, 0) is 25.1 Å². The van der Waals surface area contributed by atoms with Crippen LogP contribution in [0.15, 0.2) is 18.2 Å². The highest BCUT2D eigenvalue weighted by molar-refractivity contribution is 7.17. The summed E-state index contributed by atoms with van der Waals surface area (Å²) in [5, 5.41) is 14.8. The van der Waals surface area contributed by atoms with E-state index in [1.165, 1.54) is 7.11 Å². The minimum absolute atomic E-state index is 0.100. The van der Waals surface area contributed by atoms with Crippen molar-refractivity contribution < 1.29 is 14.6 Å². The summed E-state index contributed by atoms with van der Waals surface area (Å²) in [6.07, 6.45) is 0. The second-order valence-corrected chi connectivity index (χ2v) is 5.13. The number of rotatable bonds is 4. The first-order valence-electron chi connectivity index (χ1n) is 5.30. The normalized spacial score (nSPS) is 10.3. The highest BCUT2D eigenvalue weighted by Gasteiger charge is 2.11. The van der Waals surface area contributed by atoms with Gasteiger partial charge in [-0.15, -0.1) is 0 Å². The molecular formula is C12H10ClN2O3S-. The van der Waals surface area contributed by atoms with Crippen molar-refractivity contribution in [2.24, 2.45) is 0 Å². The van der Waals surface area contributed by atoms with Crippen molar-refractivity contribution in [1.82, 2.24) is 4.98 Å². The molecule has 0 saturated carbocycles. The van der Waals surface area contributed by atoms with E-state index in [0.717, 1.165) is 11.3 Å². The van der Waals surface area contributed by atoms with Crippen LogP contribution in [-0.2, 0) is 0 Å². The zero-order valence-corrected chi connectivity index (χ0v) is 11.8. The fraction of sp³-hybridized carbons (Fsp3) is 0.167. The van der Waals surface area contributed by atoms with Gasteiger partial charge in [0, 0.05) is 5.02 Å². The van der Waals surface area contributed by atoms with Crippen molar-refractivity contribution in [2.75, 3.05) is 12.4 Å². The highest BCUT2D eigenvalue weighted by atomic mass is 35.5. The lowest BCUT2D eigenvalue weighted by atomic mass is 10.3. The summed E-state index contributed by atoms with van der Waals surface area (Å²) in [5.74, 6) is -0.645. The minimum Gasteiger partial charge on any atom is -0.544 e. The second kappa shape index (κ2) is 5.46. The van der Waals surface area contributed by atoms with Gasteiger partial charge in [0.15, 0.2) is 5.13 Å². The van der Waals surface area contributed by atoms with Crippen LogP contribution >= 0.6 is 22.9 Å². The Morgan fingerprint density at radius 1 is 1.53 bits per heavy atom. The Labute approximate surface area is 118 Å². The molecule has 0 saturated heterocycles. The number of anilines is 2. The van der Waals surface area contributed by atoms with Crippen molar-refractivity contribution in [3.05, 3.63) is 33.8 Å². The molecule has 2 aromatic rings. The second-order valence-electron chi connectivity index (χ2n) is 3.69. The fourth-order valence-corrected chi connectivity index (χ4v) is 2.52. The number of halogens is 1. The number of carboxylic acids is 1. The zero-order valence-electron chi connectivity index (χ0n) is 10.2. The van der Waals surface area contributed by atoms with Gasteiger partial charge in [-0.2, -0.15) is 0 Å². The molecule has 0 fully saturated rings. The third kappa shape index (κ3) is 2.97. The lowest BCUT2D eigenvalue weighted by molar-refractivity contribution is -0.254. The predicted molar refractivity (Wildman–Crippen MR) is 72.5 cm³/mol. The number of carboxylic acid groups (broad SMARTS) is 1. The van der Waals surface area contributed by atoms with Gasteiger partial charge in [0.05, 0.1) is 29.3 Å². The minimum atomic E-state index is -1.24. The summed E-state index contributed by atoms with van der Waals surface area (Å²) < 4.78 is 5.18. The lowest BCUT2D eigenvalue weighted by Gasteiger charge is -2.09. The molecule has 0 amide bonds. The molecule has 2 rings (SSSR count). The molecule has 1 aromatic heterocycles. The van der Waals surface area contributed by atoms with Crippen LogP contribution in [0.2, 0.25) is 5.02 Å². The number of aromatic nitrogens is 1. The number of carbonyl (C=O) groups excluding carboxylic acids is 1. The number of methoxy groups -OCH3 is 1. The molecule has 19 heavy (non-hydrogen) atoms. The van der Waals surface area contributed by atoms with Gasteiger partial charge in [-0.25, -0.2) is 4.98 Å². The Balaban J connectivity index is 2.33. The Hall–Kier alpha value is -1.79. The van der Waals surface area contributed by atoms with E-state index in [0.29, 0.717) is 27.3 Å². The van der Waals surface area contributed by atoms with Gasteiger partial charge in [-0.1, -0.05) is 22.9 Å². The van der Waals surface area contributed by atoms with Crippen molar-refractivity contribution in [1.29, 1.82) is 0 Å². The smallest absolute Gasteiger partial charge is 0.188 e. The Kier molecular flexibility index (Phi) is 3.92. The molecule has 0 bridgehead atoms. The van der Waals surface area contributed by atoms with E-state index in [4.69, 9.17) is 16.3 Å². The topological polar surface area (TPSA) is 74.3 Å². The van der Waals surface area contributed by atoms with Crippen LogP contribution in [0.3, 0.4) is 0 Å². The number of aryl methyl sites for hydroxylation is 1. The number of hydrogen-bond acceptors (Lipinski definition) is 6. The summed E-state index contributed by atoms with van der Waals surface area (Å²) in [6, 6.07) is 5.09. The molecule has 1 N–H and O–H groups in total. The highest BCUT2D eigenvalue weighted by Crippen LogP contribution is 2.32. The van der Waals surface area contributed by atoms with Gasteiger partial charge in [-0.3, -0.25) is 0 Å². The number of ether oxygens (including phenoxy) is 1.